The third-order valence-corrected chi connectivity index (χ3v) is 7.03. The highest BCUT2D eigenvalue weighted by atomic mass is 35.5. The average Bonchev–Trinajstić information content (AvgIpc) is 2.79. The lowest BCUT2D eigenvalue weighted by atomic mass is 9.75. The molecule has 2 aliphatic heterocycles. The summed E-state index contributed by atoms with van der Waals surface area (Å²) in [7, 11) is -3.11. The standard InChI is InChI=1S/C15H22N2O2S.ClH/c1-12(2)20(18,19)17-9-7-15(8-10-17)11-16-14-6-4-3-5-13(14)15;/h3-6,12,16H,7-11H2,1-2H3;1H. The lowest BCUT2D eigenvalue weighted by Gasteiger charge is -2.39. The maximum atomic E-state index is 12.2. The van der Waals surface area contributed by atoms with Gasteiger partial charge in [-0.3, -0.25) is 0 Å². The zero-order valence-corrected chi connectivity index (χ0v) is 14.1. The summed E-state index contributed by atoms with van der Waals surface area (Å²) in [6.07, 6.45) is 1.81. The second-order valence-electron chi connectivity index (χ2n) is 6.17. The van der Waals surface area contributed by atoms with Gasteiger partial charge in [-0.15, -0.1) is 12.4 Å². The normalized spacial score (nSPS) is 20.9. The second-order valence-corrected chi connectivity index (χ2v) is 8.66. The first kappa shape index (κ1) is 16.6. The van der Waals surface area contributed by atoms with E-state index < -0.39 is 10.0 Å². The van der Waals surface area contributed by atoms with Gasteiger partial charge in [0.1, 0.15) is 0 Å². The van der Waals surface area contributed by atoms with Crippen molar-refractivity contribution in [3.05, 3.63) is 29.8 Å². The molecule has 0 radical (unpaired) electrons. The fourth-order valence-electron chi connectivity index (χ4n) is 3.37. The highest BCUT2D eigenvalue weighted by molar-refractivity contribution is 7.89. The quantitative estimate of drug-likeness (QED) is 0.906. The van der Waals surface area contributed by atoms with Crippen molar-refractivity contribution in [3.63, 3.8) is 0 Å². The SMILES string of the molecule is CC(C)S(=O)(=O)N1CCC2(CC1)CNc1ccccc12.Cl. The molecule has 0 atom stereocenters. The summed E-state index contributed by atoms with van der Waals surface area (Å²) in [4.78, 5) is 0. The Kier molecular flexibility index (Phi) is 4.57. The van der Waals surface area contributed by atoms with E-state index >= 15 is 0 Å². The number of fused-ring (bicyclic) bond motifs is 2. The Hall–Kier alpha value is -0.780. The Balaban J connectivity index is 0.00000161. The Morgan fingerprint density at radius 3 is 2.43 bits per heavy atom. The van der Waals surface area contributed by atoms with Gasteiger partial charge < -0.3 is 5.32 Å². The lowest BCUT2D eigenvalue weighted by Crippen LogP contribution is -2.47. The molecule has 2 heterocycles. The van der Waals surface area contributed by atoms with E-state index in [1.54, 1.807) is 18.2 Å². The predicted molar refractivity (Wildman–Crippen MR) is 88.7 cm³/mol. The summed E-state index contributed by atoms with van der Waals surface area (Å²) in [6.45, 7) is 5.72. The van der Waals surface area contributed by atoms with E-state index in [0.717, 1.165) is 19.4 Å². The summed E-state index contributed by atoms with van der Waals surface area (Å²) < 4.78 is 26.2. The molecule has 3 rings (SSSR count). The molecular weight excluding hydrogens is 308 g/mol. The molecule has 21 heavy (non-hydrogen) atoms. The Bertz CT molecular complexity index is 608. The van der Waals surface area contributed by atoms with Gasteiger partial charge in [-0.25, -0.2) is 12.7 Å². The molecule has 0 amide bonds. The Morgan fingerprint density at radius 2 is 1.81 bits per heavy atom. The summed E-state index contributed by atoms with van der Waals surface area (Å²) in [5.74, 6) is 0. The fourth-order valence-corrected chi connectivity index (χ4v) is 4.66. The molecule has 1 N–H and O–H groups in total. The summed E-state index contributed by atoms with van der Waals surface area (Å²) in [5.41, 5.74) is 2.70. The third kappa shape index (κ3) is 2.67. The van der Waals surface area contributed by atoms with Crippen molar-refractivity contribution in [2.45, 2.75) is 37.4 Å². The molecule has 0 aromatic heterocycles. The number of hydrogen-bond donors (Lipinski definition) is 1. The van der Waals surface area contributed by atoms with Crippen LogP contribution >= 0.6 is 12.4 Å². The monoisotopic (exact) mass is 330 g/mol. The van der Waals surface area contributed by atoms with Crippen LogP contribution < -0.4 is 5.32 Å². The number of nitrogens with one attached hydrogen (secondary N) is 1. The maximum Gasteiger partial charge on any atom is 0.216 e. The van der Waals surface area contributed by atoms with Gasteiger partial charge in [-0.05, 0) is 38.3 Å². The molecule has 0 aliphatic carbocycles. The molecule has 0 bridgehead atoms. The minimum absolute atomic E-state index is 0. The average molecular weight is 331 g/mol. The van der Waals surface area contributed by atoms with Crippen LogP contribution in [0.15, 0.2) is 24.3 Å². The van der Waals surface area contributed by atoms with Crippen molar-refractivity contribution in [1.82, 2.24) is 4.31 Å². The first-order chi connectivity index (χ1) is 9.46. The first-order valence-corrected chi connectivity index (χ1v) is 8.78. The van der Waals surface area contributed by atoms with Crippen LogP contribution in [0.5, 0.6) is 0 Å². The third-order valence-electron chi connectivity index (χ3n) is 4.75. The van der Waals surface area contributed by atoms with Gasteiger partial charge in [0.15, 0.2) is 0 Å². The molecule has 0 unspecified atom stereocenters. The van der Waals surface area contributed by atoms with Crippen molar-refractivity contribution in [1.29, 1.82) is 0 Å². The molecule has 1 aromatic carbocycles. The van der Waals surface area contributed by atoms with Crippen LogP contribution in [0.3, 0.4) is 0 Å². The highest BCUT2D eigenvalue weighted by Crippen LogP contribution is 2.44. The molecule has 0 saturated carbocycles. The molecule has 1 spiro atoms. The molecule has 118 valence electrons. The number of para-hydroxylation sites is 1. The smallest absolute Gasteiger partial charge is 0.216 e. The van der Waals surface area contributed by atoms with Crippen LogP contribution in [0.4, 0.5) is 5.69 Å². The first-order valence-electron chi connectivity index (χ1n) is 7.28. The lowest BCUT2D eigenvalue weighted by molar-refractivity contribution is 0.248. The number of benzene rings is 1. The molecule has 1 aromatic rings. The minimum Gasteiger partial charge on any atom is -0.384 e. The molecule has 1 saturated heterocycles. The van der Waals surface area contributed by atoms with Crippen molar-refractivity contribution in [2.24, 2.45) is 0 Å². The van der Waals surface area contributed by atoms with Gasteiger partial charge in [0.05, 0.1) is 5.25 Å². The summed E-state index contributed by atoms with van der Waals surface area (Å²) in [6, 6.07) is 8.41. The molecule has 4 nitrogen and oxygen atoms in total. The van der Waals surface area contributed by atoms with Gasteiger partial charge in [-0.1, -0.05) is 18.2 Å². The van der Waals surface area contributed by atoms with Crippen LogP contribution in [0.25, 0.3) is 0 Å². The largest absolute Gasteiger partial charge is 0.384 e. The fraction of sp³-hybridized carbons (Fsp3) is 0.600. The maximum absolute atomic E-state index is 12.2. The van der Waals surface area contributed by atoms with E-state index in [-0.39, 0.29) is 23.1 Å². The topological polar surface area (TPSA) is 49.4 Å². The zero-order chi connectivity index (χ0) is 14.4. The van der Waals surface area contributed by atoms with E-state index in [9.17, 15) is 8.42 Å². The molecule has 6 heteroatoms. The Morgan fingerprint density at radius 1 is 1.19 bits per heavy atom. The van der Waals surface area contributed by atoms with E-state index in [2.05, 4.69) is 23.5 Å². The molecule has 2 aliphatic rings. The van der Waals surface area contributed by atoms with Crippen molar-refractivity contribution < 1.29 is 8.42 Å². The molecule has 1 fully saturated rings. The predicted octanol–water partition coefficient (Wildman–Crippen LogP) is 2.61. The Labute approximate surface area is 133 Å². The van der Waals surface area contributed by atoms with Crippen LogP contribution in [0.1, 0.15) is 32.3 Å². The zero-order valence-electron chi connectivity index (χ0n) is 12.5. The van der Waals surface area contributed by atoms with Crippen LogP contribution in [-0.2, 0) is 15.4 Å². The number of anilines is 1. The van der Waals surface area contributed by atoms with Crippen molar-refractivity contribution >= 4 is 28.1 Å². The van der Waals surface area contributed by atoms with E-state index in [1.165, 1.54) is 11.3 Å². The summed E-state index contributed by atoms with van der Waals surface area (Å²) in [5, 5.41) is 3.14. The van der Waals surface area contributed by atoms with Crippen LogP contribution in [0, 0.1) is 0 Å². The number of nitrogens with zero attached hydrogens (tertiary/aromatic N) is 1. The van der Waals surface area contributed by atoms with Gasteiger partial charge in [0, 0.05) is 30.7 Å². The van der Waals surface area contributed by atoms with Gasteiger partial charge >= 0.3 is 0 Å². The van der Waals surface area contributed by atoms with E-state index in [4.69, 9.17) is 0 Å². The van der Waals surface area contributed by atoms with Gasteiger partial charge in [-0.2, -0.15) is 0 Å². The van der Waals surface area contributed by atoms with Gasteiger partial charge in [0.25, 0.3) is 0 Å². The number of sulfonamides is 1. The van der Waals surface area contributed by atoms with Crippen molar-refractivity contribution in [2.75, 3.05) is 25.0 Å². The number of halogens is 1. The van der Waals surface area contributed by atoms with E-state index in [0.29, 0.717) is 13.1 Å². The minimum atomic E-state index is -3.11. The van der Waals surface area contributed by atoms with Crippen LogP contribution in [-0.4, -0.2) is 37.6 Å². The van der Waals surface area contributed by atoms with E-state index in [1.807, 2.05) is 6.07 Å². The second kappa shape index (κ2) is 5.78. The number of piperidine rings is 1. The van der Waals surface area contributed by atoms with Gasteiger partial charge in [0.2, 0.25) is 10.0 Å². The number of rotatable bonds is 2. The van der Waals surface area contributed by atoms with Crippen molar-refractivity contribution in [3.8, 4) is 0 Å². The number of hydrogen-bond acceptors (Lipinski definition) is 3. The summed E-state index contributed by atoms with van der Waals surface area (Å²) >= 11 is 0. The van der Waals surface area contributed by atoms with Crippen LogP contribution in [0.2, 0.25) is 0 Å². The highest BCUT2D eigenvalue weighted by Gasteiger charge is 2.43. The molecular formula is C15H23ClN2O2S.